The van der Waals surface area contributed by atoms with Crippen LogP contribution in [-0.4, -0.2) is 60.5 Å². The van der Waals surface area contributed by atoms with Crippen LogP contribution < -0.4 is 0 Å². The third kappa shape index (κ3) is 3.51. The van der Waals surface area contributed by atoms with E-state index in [4.69, 9.17) is 5.11 Å². The van der Waals surface area contributed by atoms with E-state index >= 15 is 0 Å². The van der Waals surface area contributed by atoms with E-state index in [9.17, 15) is 9.59 Å². The molecule has 0 aromatic carbocycles. The monoisotopic (exact) mass is 214 g/mol. The van der Waals surface area contributed by atoms with Gasteiger partial charge in [-0.3, -0.25) is 14.5 Å². The normalized spacial score (nSPS) is 18.8. The molecule has 0 saturated carbocycles. The van der Waals surface area contributed by atoms with Crippen LogP contribution in [0.15, 0.2) is 0 Å². The van der Waals surface area contributed by atoms with Crippen LogP contribution in [0.5, 0.6) is 0 Å². The molecule has 0 atom stereocenters. The molecule has 1 rings (SSSR count). The van der Waals surface area contributed by atoms with Gasteiger partial charge in [0.05, 0.1) is 6.54 Å². The molecule has 0 spiro atoms. The minimum Gasteiger partial charge on any atom is -0.480 e. The Morgan fingerprint density at radius 3 is 2.27 bits per heavy atom. The topological polar surface area (TPSA) is 60.9 Å². The summed E-state index contributed by atoms with van der Waals surface area (Å²) < 4.78 is 0. The van der Waals surface area contributed by atoms with Crippen molar-refractivity contribution >= 4 is 11.9 Å². The lowest BCUT2D eigenvalue weighted by Gasteiger charge is -2.31. The fourth-order valence-electron chi connectivity index (χ4n) is 1.89. The molecule has 0 aromatic rings. The summed E-state index contributed by atoms with van der Waals surface area (Å²) in [7, 11) is 3.51. The Hall–Kier alpha value is -1.10. The lowest BCUT2D eigenvalue weighted by molar-refractivity contribution is -0.139. The molecule has 5 nitrogen and oxygen atoms in total. The van der Waals surface area contributed by atoms with Gasteiger partial charge in [0.15, 0.2) is 0 Å². The summed E-state index contributed by atoms with van der Waals surface area (Å²) in [4.78, 5) is 25.6. The van der Waals surface area contributed by atoms with Gasteiger partial charge >= 0.3 is 5.97 Å². The Morgan fingerprint density at radius 1 is 1.33 bits per heavy atom. The van der Waals surface area contributed by atoms with Crippen LogP contribution in [0.1, 0.15) is 12.8 Å². The van der Waals surface area contributed by atoms with Gasteiger partial charge in [-0.2, -0.15) is 0 Å². The predicted octanol–water partition coefficient (Wildman–Crippen LogP) is -0.129. The quantitative estimate of drug-likeness (QED) is 0.711. The van der Waals surface area contributed by atoms with Crippen LogP contribution >= 0.6 is 0 Å². The first-order valence-electron chi connectivity index (χ1n) is 5.16. The van der Waals surface area contributed by atoms with Gasteiger partial charge in [0.25, 0.3) is 0 Å². The number of hydrogen-bond donors (Lipinski definition) is 1. The zero-order valence-electron chi connectivity index (χ0n) is 9.27. The standard InChI is InChI=1S/C10H18N2O3/c1-11(2)10(15)8-3-5-12(6-4-8)7-9(13)14/h8H,3-7H2,1-2H3,(H,13,14). The van der Waals surface area contributed by atoms with Crippen LogP contribution in [0.2, 0.25) is 0 Å². The highest BCUT2D eigenvalue weighted by Crippen LogP contribution is 2.18. The van der Waals surface area contributed by atoms with E-state index in [0.717, 1.165) is 12.8 Å². The number of rotatable bonds is 3. The van der Waals surface area contributed by atoms with Gasteiger partial charge in [0.2, 0.25) is 5.91 Å². The van der Waals surface area contributed by atoms with Gasteiger partial charge in [-0.1, -0.05) is 0 Å². The maximum absolute atomic E-state index is 11.6. The SMILES string of the molecule is CN(C)C(=O)C1CCN(CC(=O)O)CC1. The van der Waals surface area contributed by atoms with Crippen molar-refractivity contribution in [3.63, 3.8) is 0 Å². The Bertz CT molecular complexity index is 245. The first kappa shape index (κ1) is 12.0. The minimum absolute atomic E-state index is 0.0741. The van der Waals surface area contributed by atoms with Crippen LogP contribution in [-0.2, 0) is 9.59 Å². The third-order valence-electron chi connectivity index (χ3n) is 2.74. The van der Waals surface area contributed by atoms with Crippen molar-refractivity contribution in [3.8, 4) is 0 Å². The minimum atomic E-state index is -0.799. The number of carbonyl (C=O) groups is 2. The predicted molar refractivity (Wildman–Crippen MR) is 55.5 cm³/mol. The number of carbonyl (C=O) groups excluding carboxylic acids is 1. The number of carboxylic acids is 1. The number of amides is 1. The molecule has 1 aliphatic heterocycles. The van der Waals surface area contributed by atoms with E-state index in [-0.39, 0.29) is 18.4 Å². The average Bonchev–Trinajstić information content (AvgIpc) is 2.17. The highest BCUT2D eigenvalue weighted by molar-refractivity contribution is 5.78. The number of aliphatic carboxylic acids is 1. The Labute approximate surface area is 89.7 Å². The van der Waals surface area contributed by atoms with E-state index in [2.05, 4.69) is 0 Å². The van der Waals surface area contributed by atoms with E-state index < -0.39 is 5.97 Å². The van der Waals surface area contributed by atoms with E-state index in [1.807, 2.05) is 4.90 Å². The van der Waals surface area contributed by atoms with Gasteiger partial charge in [-0.05, 0) is 25.9 Å². The van der Waals surface area contributed by atoms with Crippen LogP contribution in [0.25, 0.3) is 0 Å². The second-order valence-corrected chi connectivity index (χ2v) is 4.18. The van der Waals surface area contributed by atoms with Crippen molar-refractivity contribution in [2.24, 2.45) is 5.92 Å². The van der Waals surface area contributed by atoms with Crippen LogP contribution in [0.4, 0.5) is 0 Å². The maximum atomic E-state index is 11.6. The average molecular weight is 214 g/mol. The van der Waals surface area contributed by atoms with Crippen molar-refractivity contribution in [2.45, 2.75) is 12.8 Å². The molecule has 1 saturated heterocycles. The molecular formula is C10H18N2O3. The highest BCUT2D eigenvalue weighted by Gasteiger charge is 2.26. The molecule has 15 heavy (non-hydrogen) atoms. The van der Waals surface area contributed by atoms with Crippen LogP contribution in [0.3, 0.4) is 0 Å². The number of likely N-dealkylation sites (tertiary alicyclic amines) is 1. The first-order chi connectivity index (χ1) is 7.00. The first-order valence-corrected chi connectivity index (χ1v) is 5.16. The largest absolute Gasteiger partial charge is 0.480 e. The maximum Gasteiger partial charge on any atom is 0.317 e. The number of piperidine rings is 1. The van der Waals surface area contributed by atoms with Crippen LogP contribution in [0, 0.1) is 5.92 Å². The summed E-state index contributed by atoms with van der Waals surface area (Å²) in [5, 5.41) is 8.61. The van der Waals surface area contributed by atoms with Crippen molar-refractivity contribution < 1.29 is 14.7 Å². The van der Waals surface area contributed by atoms with Gasteiger partial charge in [0, 0.05) is 20.0 Å². The molecule has 0 unspecified atom stereocenters. The zero-order chi connectivity index (χ0) is 11.4. The summed E-state index contributed by atoms with van der Waals surface area (Å²) in [5.41, 5.74) is 0. The summed E-state index contributed by atoms with van der Waals surface area (Å²) in [6.07, 6.45) is 1.54. The molecule has 1 amide bonds. The molecule has 1 N–H and O–H groups in total. The second kappa shape index (κ2) is 5.11. The van der Waals surface area contributed by atoms with Gasteiger partial charge in [-0.15, -0.1) is 0 Å². The Kier molecular flexibility index (Phi) is 4.08. The van der Waals surface area contributed by atoms with Crippen molar-refractivity contribution in [3.05, 3.63) is 0 Å². The molecule has 86 valence electrons. The number of carboxylic acid groups (broad SMARTS) is 1. The molecule has 1 fully saturated rings. The van der Waals surface area contributed by atoms with Gasteiger partial charge in [0.1, 0.15) is 0 Å². The summed E-state index contributed by atoms with van der Waals surface area (Å²) in [6.45, 7) is 1.50. The molecule has 0 radical (unpaired) electrons. The fourth-order valence-corrected chi connectivity index (χ4v) is 1.89. The lowest BCUT2D eigenvalue weighted by Crippen LogP contribution is -2.41. The molecule has 0 bridgehead atoms. The van der Waals surface area contributed by atoms with Crippen molar-refractivity contribution in [2.75, 3.05) is 33.7 Å². The lowest BCUT2D eigenvalue weighted by atomic mass is 9.95. The summed E-state index contributed by atoms with van der Waals surface area (Å²) >= 11 is 0. The second-order valence-electron chi connectivity index (χ2n) is 4.18. The molecule has 1 aliphatic rings. The zero-order valence-corrected chi connectivity index (χ0v) is 9.27. The van der Waals surface area contributed by atoms with E-state index in [1.165, 1.54) is 0 Å². The van der Waals surface area contributed by atoms with Crippen molar-refractivity contribution in [1.82, 2.24) is 9.80 Å². The smallest absolute Gasteiger partial charge is 0.317 e. The third-order valence-corrected chi connectivity index (χ3v) is 2.74. The summed E-state index contributed by atoms with van der Waals surface area (Å²) in [6, 6.07) is 0. The van der Waals surface area contributed by atoms with Gasteiger partial charge < -0.3 is 10.0 Å². The fraction of sp³-hybridized carbons (Fsp3) is 0.800. The molecule has 0 aliphatic carbocycles. The Morgan fingerprint density at radius 2 is 1.87 bits per heavy atom. The molecule has 5 heteroatoms. The van der Waals surface area contributed by atoms with Crippen molar-refractivity contribution in [1.29, 1.82) is 0 Å². The van der Waals surface area contributed by atoms with E-state index in [1.54, 1.807) is 19.0 Å². The van der Waals surface area contributed by atoms with E-state index in [0.29, 0.717) is 13.1 Å². The molecule has 0 aromatic heterocycles. The molecular weight excluding hydrogens is 196 g/mol. The van der Waals surface area contributed by atoms with Gasteiger partial charge in [-0.25, -0.2) is 0 Å². The highest BCUT2D eigenvalue weighted by atomic mass is 16.4. The number of nitrogens with zero attached hydrogens (tertiary/aromatic N) is 2. The number of hydrogen-bond acceptors (Lipinski definition) is 3. The summed E-state index contributed by atoms with van der Waals surface area (Å²) in [5.74, 6) is -0.567. The Balaban J connectivity index is 2.35. The molecule has 1 heterocycles.